The molecule has 3 nitrogen and oxygen atoms in total. The summed E-state index contributed by atoms with van der Waals surface area (Å²) in [4.78, 5) is 4.25. The Bertz CT molecular complexity index is 523. The number of pyridine rings is 1. The second kappa shape index (κ2) is 7.79. The van der Waals surface area contributed by atoms with Crippen molar-refractivity contribution in [1.29, 1.82) is 0 Å². The fourth-order valence-electron chi connectivity index (χ4n) is 2.37. The van der Waals surface area contributed by atoms with Crippen molar-refractivity contribution >= 4 is 0 Å². The molecule has 0 radical (unpaired) electrons. The van der Waals surface area contributed by atoms with E-state index < -0.39 is 0 Å². The number of hydrogen-bond donors (Lipinski definition) is 1. The number of methoxy groups -OCH3 is 1. The Kier molecular flexibility index (Phi) is 5.76. The van der Waals surface area contributed by atoms with Gasteiger partial charge in [-0.3, -0.25) is 0 Å². The Morgan fingerprint density at radius 1 is 1.10 bits per heavy atom. The van der Waals surface area contributed by atoms with Crippen LogP contribution in [-0.2, 0) is 6.54 Å². The van der Waals surface area contributed by atoms with Gasteiger partial charge in [0.2, 0.25) is 5.88 Å². The fraction of sp³-hybridized carbons (Fsp3) is 0.389. The molecule has 1 atom stereocenters. The molecule has 0 saturated carbocycles. The maximum absolute atomic E-state index is 5.09. The first kappa shape index (κ1) is 15.5. The van der Waals surface area contributed by atoms with E-state index in [4.69, 9.17) is 4.74 Å². The van der Waals surface area contributed by atoms with Crippen LogP contribution in [0.5, 0.6) is 5.88 Å². The van der Waals surface area contributed by atoms with E-state index in [1.54, 1.807) is 7.11 Å². The van der Waals surface area contributed by atoms with Gasteiger partial charge in [0.25, 0.3) is 0 Å². The predicted octanol–water partition coefficient (Wildman–Crippen LogP) is 3.97. The lowest BCUT2D eigenvalue weighted by Crippen LogP contribution is -2.22. The third-order valence-electron chi connectivity index (χ3n) is 3.47. The van der Waals surface area contributed by atoms with E-state index in [-0.39, 0.29) is 0 Å². The first-order chi connectivity index (χ1) is 10.2. The van der Waals surface area contributed by atoms with E-state index in [9.17, 15) is 0 Å². The number of hydrogen-bond acceptors (Lipinski definition) is 3. The van der Waals surface area contributed by atoms with Gasteiger partial charge in [0.05, 0.1) is 7.11 Å². The molecule has 1 aromatic carbocycles. The summed E-state index contributed by atoms with van der Waals surface area (Å²) in [5, 5.41) is 3.64. The lowest BCUT2D eigenvalue weighted by atomic mass is 9.97. The normalized spacial score (nSPS) is 12.4. The van der Waals surface area contributed by atoms with Gasteiger partial charge in [-0.05, 0) is 23.5 Å². The largest absolute Gasteiger partial charge is 0.481 e. The van der Waals surface area contributed by atoms with Gasteiger partial charge >= 0.3 is 0 Å². The molecule has 21 heavy (non-hydrogen) atoms. The van der Waals surface area contributed by atoms with Gasteiger partial charge in [-0.25, -0.2) is 4.98 Å². The Labute approximate surface area is 127 Å². The van der Waals surface area contributed by atoms with Crippen LogP contribution in [0, 0.1) is 5.92 Å². The molecular weight excluding hydrogens is 260 g/mol. The van der Waals surface area contributed by atoms with Gasteiger partial charge in [0.15, 0.2) is 0 Å². The van der Waals surface area contributed by atoms with Crippen LogP contribution < -0.4 is 10.1 Å². The van der Waals surface area contributed by atoms with Gasteiger partial charge in [-0.1, -0.05) is 50.2 Å². The lowest BCUT2D eigenvalue weighted by molar-refractivity contribution is 0.396. The van der Waals surface area contributed by atoms with E-state index in [1.165, 1.54) is 11.1 Å². The molecule has 3 heteroatoms. The Balaban J connectivity index is 2.01. The highest BCUT2D eigenvalue weighted by molar-refractivity contribution is 5.21. The predicted molar refractivity (Wildman–Crippen MR) is 86.3 cm³/mol. The summed E-state index contributed by atoms with van der Waals surface area (Å²) in [6.07, 6.45) is 2.98. The third-order valence-corrected chi connectivity index (χ3v) is 3.47. The summed E-state index contributed by atoms with van der Waals surface area (Å²) in [6, 6.07) is 14.9. The summed E-state index contributed by atoms with van der Waals surface area (Å²) in [5.41, 5.74) is 2.51. The monoisotopic (exact) mass is 284 g/mol. The van der Waals surface area contributed by atoms with Gasteiger partial charge in [0.1, 0.15) is 0 Å². The third kappa shape index (κ3) is 4.87. The molecule has 0 saturated heterocycles. The highest BCUT2D eigenvalue weighted by atomic mass is 16.5. The first-order valence-electron chi connectivity index (χ1n) is 7.46. The molecular formula is C18H24N2O. The lowest BCUT2D eigenvalue weighted by Gasteiger charge is -2.21. The number of benzene rings is 1. The molecule has 0 bridgehead atoms. The zero-order chi connectivity index (χ0) is 15.1. The molecule has 1 unspecified atom stereocenters. The summed E-state index contributed by atoms with van der Waals surface area (Å²) in [6.45, 7) is 5.32. The van der Waals surface area contributed by atoms with Crippen LogP contribution in [0.15, 0.2) is 48.7 Å². The minimum Gasteiger partial charge on any atom is -0.481 e. The van der Waals surface area contributed by atoms with Crippen LogP contribution in [0.3, 0.4) is 0 Å². The van der Waals surface area contributed by atoms with E-state index >= 15 is 0 Å². The maximum atomic E-state index is 5.09. The minimum atomic E-state index is 0.369. The summed E-state index contributed by atoms with van der Waals surface area (Å²) >= 11 is 0. The first-order valence-corrected chi connectivity index (χ1v) is 7.46. The zero-order valence-electron chi connectivity index (χ0n) is 13.0. The number of rotatable bonds is 7. The average molecular weight is 284 g/mol. The van der Waals surface area contributed by atoms with Gasteiger partial charge in [-0.2, -0.15) is 0 Å². The van der Waals surface area contributed by atoms with Crippen molar-refractivity contribution in [3.8, 4) is 5.88 Å². The van der Waals surface area contributed by atoms with Gasteiger partial charge in [-0.15, -0.1) is 0 Å². The fourth-order valence-corrected chi connectivity index (χ4v) is 2.37. The standard InChI is InChI=1S/C18H24N2O/c1-14(2)11-17(16-7-5-4-6-8-16)19-12-15-9-10-18(21-3)20-13-15/h4-10,13-14,17,19H,11-12H2,1-3H3. The SMILES string of the molecule is COc1ccc(CNC(CC(C)C)c2ccccc2)cn1. The summed E-state index contributed by atoms with van der Waals surface area (Å²) < 4.78 is 5.09. The molecule has 2 aromatic rings. The maximum Gasteiger partial charge on any atom is 0.212 e. The highest BCUT2D eigenvalue weighted by Crippen LogP contribution is 2.21. The van der Waals surface area contributed by atoms with E-state index in [0.29, 0.717) is 17.8 Å². The second-order valence-corrected chi connectivity index (χ2v) is 5.68. The van der Waals surface area contributed by atoms with E-state index in [0.717, 1.165) is 13.0 Å². The average Bonchev–Trinajstić information content (AvgIpc) is 2.52. The second-order valence-electron chi connectivity index (χ2n) is 5.68. The summed E-state index contributed by atoms with van der Waals surface area (Å²) in [7, 11) is 1.63. The minimum absolute atomic E-state index is 0.369. The molecule has 0 aliphatic carbocycles. The summed E-state index contributed by atoms with van der Waals surface area (Å²) in [5.74, 6) is 1.30. The smallest absolute Gasteiger partial charge is 0.212 e. The van der Waals surface area contributed by atoms with Crippen molar-refractivity contribution in [2.75, 3.05) is 7.11 Å². The Morgan fingerprint density at radius 2 is 1.86 bits per heavy atom. The topological polar surface area (TPSA) is 34.1 Å². The van der Waals surface area contributed by atoms with Crippen LogP contribution in [0.4, 0.5) is 0 Å². The van der Waals surface area contributed by atoms with Crippen LogP contribution in [0.25, 0.3) is 0 Å². The van der Waals surface area contributed by atoms with Crippen molar-refractivity contribution in [2.45, 2.75) is 32.9 Å². The molecule has 1 heterocycles. The van der Waals surface area contributed by atoms with Crippen molar-refractivity contribution in [1.82, 2.24) is 10.3 Å². The van der Waals surface area contributed by atoms with Crippen LogP contribution in [0.1, 0.15) is 37.4 Å². The Morgan fingerprint density at radius 3 is 2.43 bits per heavy atom. The molecule has 0 aliphatic heterocycles. The molecule has 112 valence electrons. The van der Waals surface area contributed by atoms with Gasteiger partial charge in [0, 0.05) is 24.8 Å². The molecule has 1 N–H and O–H groups in total. The number of nitrogens with zero attached hydrogens (tertiary/aromatic N) is 1. The molecule has 0 fully saturated rings. The number of aromatic nitrogens is 1. The number of nitrogens with one attached hydrogen (secondary N) is 1. The highest BCUT2D eigenvalue weighted by Gasteiger charge is 2.12. The molecule has 1 aromatic heterocycles. The zero-order valence-corrected chi connectivity index (χ0v) is 13.0. The number of ether oxygens (including phenoxy) is 1. The van der Waals surface area contributed by atoms with Crippen molar-refractivity contribution < 1.29 is 4.74 Å². The van der Waals surface area contributed by atoms with Crippen molar-refractivity contribution in [3.63, 3.8) is 0 Å². The van der Waals surface area contributed by atoms with Crippen molar-refractivity contribution in [3.05, 3.63) is 59.8 Å². The van der Waals surface area contributed by atoms with Gasteiger partial charge < -0.3 is 10.1 Å². The molecule has 0 spiro atoms. The molecule has 0 aliphatic rings. The van der Waals surface area contributed by atoms with E-state index in [2.05, 4.69) is 60.5 Å². The van der Waals surface area contributed by atoms with Crippen LogP contribution >= 0.6 is 0 Å². The molecule has 2 rings (SSSR count). The van der Waals surface area contributed by atoms with Crippen molar-refractivity contribution in [2.24, 2.45) is 5.92 Å². The quantitative estimate of drug-likeness (QED) is 0.835. The van der Waals surface area contributed by atoms with E-state index in [1.807, 2.05) is 12.3 Å². The van der Waals surface area contributed by atoms with Crippen LogP contribution in [0.2, 0.25) is 0 Å². The Hall–Kier alpha value is -1.87. The molecule has 0 amide bonds. The van der Waals surface area contributed by atoms with Crippen LogP contribution in [-0.4, -0.2) is 12.1 Å².